The first-order chi connectivity index (χ1) is 7.98. The minimum absolute atomic E-state index is 0.223. The van der Waals surface area contributed by atoms with Crippen LogP contribution in [0.2, 0.25) is 0 Å². The Morgan fingerprint density at radius 2 is 1.88 bits per heavy atom. The lowest BCUT2D eigenvalue weighted by Gasteiger charge is -2.18. The fourth-order valence-corrected chi connectivity index (χ4v) is 2.06. The summed E-state index contributed by atoms with van der Waals surface area (Å²) < 4.78 is 38.3. The largest absolute Gasteiger partial charge is 0.416 e. The van der Waals surface area contributed by atoms with Crippen molar-refractivity contribution in [2.24, 2.45) is 11.7 Å². The number of rotatable bonds is 4. The van der Waals surface area contributed by atoms with Gasteiger partial charge in [0.15, 0.2) is 0 Å². The van der Waals surface area contributed by atoms with Crippen LogP contribution < -0.4 is 5.73 Å². The average Bonchev–Trinajstić information content (AvgIpc) is 3.08. The van der Waals surface area contributed by atoms with Gasteiger partial charge >= 0.3 is 6.18 Å². The number of benzene rings is 1. The average molecular weight is 243 g/mol. The molecule has 0 spiro atoms. The first-order valence-electron chi connectivity index (χ1n) is 5.90. The molecule has 2 rings (SSSR count). The van der Waals surface area contributed by atoms with E-state index in [2.05, 4.69) is 0 Å². The van der Waals surface area contributed by atoms with Crippen molar-refractivity contribution in [3.05, 3.63) is 35.4 Å². The van der Waals surface area contributed by atoms with Crippen LogP contribution in [0.25, 0.3) is 0 Å². The quantitative estimate of drug-likeness (QED) is 0.852. The molecule has 0 radical (unpaired) electrons. The van der Waals surface area contributed by atoms with E-state index in [0.717, 1.165) is 12.5 Å². The maximum atomic E-state index is 12.8. The van der Waals surface area contributed by atoms with Gasteiger partial charge in [0, 0.05) is 6.04 Å². The zero-order valence-corrected chi connectivity index (χ0v) is 9.50. The van der Waals surface area contributed by atoms with Gasteiger partial charge in [-0.25, -0.2) is 0 Å². The molecule has 17 heavy (non-hydrogen) atoms. The predicted molar refractivity (Wildman–Crippen MR) is 60.3 cm³/mol. The molecule has 1 atom stereocenters. The highest BCUT2D eigenvalue weighted by molar-refractivity contribution is 5.32. The molecule has 0 aliphatic heterocycles. The van der Waals surface area contributed by atoms with Crippen LogP contribution in [-0.2, 0) is 6.18 Å². The van der Waals surface area contributed by atoms with Crippen LogP contribution in [0.3, 0.4) is 0 Å². The van der Waals surface area contributed by atoms with Crippen LogP contribution in [0.15, 0.2) is 24.3 Å². The first kappa shape index (κ1) is 12.4. The van der Waals surface area contributed by atoms with Gasteiger partial charge in [0.1, 0.15) is 0 Å². The van der Waals surface area contributed by atoms with Crippen molar-refractivity contribution in [1.82, 2.24) is 0 Å². The zero-order chi connectivity index (χ0) is 12.5. The third-order valence-corrected chi connectivity index (χ3v) is 3.25. The number of alkyl halides is 3. The SMILES string of the molecule is NC(CCC1CC1)c1ccccc1C(F)(F)F. The number of hydrogen-bond donors (Lipinski definition) is 1. The maximum Gasteiger partial charge on any atom is 0.416 e. The lowest BCUT2D eigenvalue weighted by molar-refractivity contribution is -0.138. The molecule has 0 saturated heterocycles. The van der Waals surface area contributed by atoms with Crippen LogP contribution in [0, 0.1) is 5.92 Å². The Morgan fingerprint density at radius 1 is 1.24 bits per heavy atom. The summed E-state index contributed by atoms with van der Waals surface area (Å²) in [5.74, 6) is 0.694. The van der Waals surface area contributed by atoms with Crippen molar-refractivity contribution in [1.29, 1.82) is 0 Å². The topological polar surface area (TPSA) is 26.0 Å². The number of hydrogen-bond acceptors (Lipinski definition) is 1. The number of halogens is 3. The molecule has 4 heteroatoms. The van der Waals surface area contributed by atoms with Gasteiger partial charge in [-0.2, -0.15) is 13.2 Å². The molecule has 1 unspecified atom stereocenters. The third-order valence-electron chi connectivity index (χ3n) is 3.25. The second-order valence-corrected chi connectivity index (χ2v) is 4.71. The van der Waals surface area contributed by atoms with Crippen LogP contribution >= 0.6 is 0 Å². The van der Waals surface area contributed by atoms with Crippen molar-refractivity contribution >= 4 is 0 Å². The summed E-state index contributed by atoms with van der Waals surface area (Å²) in [7, 11) is 0. The molecule has 0 aromatic heterocycles. The molecule has 94 valence electrons. The molecule has 0 amide bonds. The Hall–Kier alpha value is -1.03. The highest BCUT2D eigenvalue weighted by Crippen LogP contribution is 2.38. The predicted octanol–water partition coefficient (Wildman–Crippen LogP) is 3.90. The molecule has 1 aromatic rings. The van der Waals surface area contributed by atoms with Crippen molar-refractivity contribution in [3.63, 3.8) is 0 Å². The van der Waals surface area contributed by atoms with E-state index in [4.69, 9.17) is 5.73 Å². The monoisotopic (exact) mass is 243 g/mol. The lowest BCUT2D eigenvalue weighted by Crippen LogP contribution is -2.17. The Morgan fingerprint density at radius 3 is 2.47 bits per heavy atom. The van der Waals surface area contributed by atoms with E-state index in [9.17, 15) is 13.2 Å². The van der Waals surface area contributed by atoms with Gasteiger partial charge in [-0.05, 0) is 30.4 Å². The van der Waals surface area contributed by atoms with E-state index in [0.29, 0.717) is 12.3 Å². The van der Waals surface area contributed by atoms with Crippen molar-refractivity contribution in [2.75, 3.05) is 0 Å². The third kappa shape index (κ3) is 3.22. The molecular formula is C13H16F3N. The van der Waals surface area contributed by atoms with Gasteiger partial charge in [-0.1, -0.05) is 31.0 Å². The van der Waals surface area contributed by atoms with Gasteiger partial charge in [-0.3, -0.25) is 0 Å². The molecule has 2 N–H and O–H groups in total. The standard InChI is InChI=1S/C13H16F3N/c14-13(15,16)11-4-2-1-3-10(11)12(17)8-7-9-5-6-9/h1-4,9,12H,5-8,17H2. The second-order valence-electron chi connectivity index (χ2n) is 4.71. The molecule has 1 aliphatic carbocycles. The Labute approximate surface area is 98.8 Å². The van der Waals surface area contributed by atoms with Crippen LogP contribution in [0.5, 0.6) is 0 Å². The minimum Gasteiger partial charge on any atom is -0.324 e. The van der Waals surface area contributed by atoms with E-state index in [-0.39, 0.29) is 5.56 Å². The first-order valence-corrected chi connectivity index (χ1v) is 5.90. The molecule has 1 aromatic carbocycles. The summed E-state index contributed by atoms with van der Waals surface area (Å²) >= 11 is 0. The van der Waals surface area contributed by atoms with Crippen LogP contribution in [0.1, 0.15) is 42.9 Å². The molecule has 1 saturated carbocycles. The fraction of sp³-hybridized carbons (Fsp3) is 0.538. The number of nitrogens with two attached hydrogens (primary N) is 1. The highest BCUT2D eigenvalue weighted by atomic mass is 19.4. The normalized spacial score (nSPS) is 18.1. The van der Waals surface area contributed by atoms with Crippen molar-refractivity contribution < 1.29 is 13.2 Å². The smallest absolute Gasteiger partial charge is 0.324 e. The van der Waals surface area contributed by atoms with E-state index in [1.54, 1.807) is 6.07 Å². The summed E-state index contributed by atoms with van der Waals surface area (Å²) in [5, 5.41) is 0. The minimum atomic E-state index is -4.31. The summed E-state index contributed by atoms with van der Waals surface area (Å²) in [6, 6.07) is 5.10. The second kappa shape index (κ2) is 4.69. The van der Waals surface area contributed by atoms with E-state index >= 15 is 0 Å². The van der Waals surface area contributed by atoms with Crippen LogP contribution in [0.4, 0.5) is 13.2 Å². The van der Waals surface area contributed by atoms with Crippen LogP contribution in [-0.4, -0.2) is 0 Å². The van der Waals surface area contributed by atoms with Crippen molar-refractivity contribution in [3.8, 4) is 0 Å². The van der Waals surface area contributed by atoms with E-state index in [1.807, 2.05) is 0 Å². The van der Waals surface area contributed by atoms with Gasteiger partial charge < -0.3 is 5.73 Å². The summed E-state index contributed by atoms with van der Waals surface area (Å²) in [5.41, 5.74) is 5.50. The molecule has 1 nitrogen and oxygen atoms in total. The highest BCUT2D eigenvalue weighted by Gasteiger charge is 2.34. The van der Waals surface area contributed by atoms with Gasteiger partial charge in [0.25, 0.3) is 0 Å². The fourth-order valence-electron chi connectivity index (χ4n) is 2.06. The van der Waals surface area contributed by atoms with Crippen molar-refractivity contribution in [2.45, 2.75) is 37.9 Å². The van der Waals surface area contributed by atoms with Gasteiger partial charge in [0.2, 0.25) is 0 Å². The molecule has 1 fully saturated rings. The van der Waals surface area contributed by atoms with E-state index < -0.39 is 17.8 Å². The summed E-state index contributed by atoms with van der Waals surface area (Å²) in [6.07, 6.45) is -0.333. The Bertz CT molecular complexity index is 382. The Balaban J connectivity index is 2.12. The van der Waals surface area contributed by atoms with Gasteiger partial charge in [0.05, 0.1) is 5.56 Å². The Kier molecular flexibility index (Phi) is 3.43. The molecule has 0 bridgehead atoms. The van der Waals surface area contributed by atoms with E-state index in [1.165, 1.54) is 25.0 Å². The zero-order valence-electron chi connectivity index (χ0n) is 9.50. The van der Waals surface area contributed by atoms with Gasteiger partial charge in [-0.15, -0.1) is 0 Å². The summed E-state index contributed by atoms with van der Waals surface area (Å²) in [4.78, 5) is 0. The maximum absolute atomic E-state index is 12.8. The summed E-state index contributed by atoms with van der Waals surface area (Å²) in [6.45, 7) is 0. The molecular weight excluding hydrogens is 227 g/mol. The molecule has 1 aliphatic rings. The molecule has 0 heterocycles. The lowest BCUT2D eigenvalue weighted by atomic mass is 9.96.